The molecule has 0 aromatic carbocycles. The second-order valence-corrected chi connectivity index (χ2v) is 4.38. The van der Waals surface area contributed by atoms with Gasteiger partial charge in [-0.05, 0) is 26.7 Å². The molecule has 15 heavy (non-hydrogen) atoms. The molecule has 1 unspecified atom stereocenters. The fourth-order valence-corrected chi connectivity index (χ4v) is 1.94. The normalized spacial score (nSPS) is 18.5. The van der Waals surface area contributed by atoms with Crippen LogP contribution in [0.3, 0.4) is 0 Å². The smallest absolute Gasteiger partial charge is 0.297 e. The van der Waals surface area contributed by atoms with E-state index in [1.54, 1.807) is 0 Å². The van der Waals surface area contributed by atoms with Crippen LogP contribution in [0.15, 0.2) is 4.42 Å². The van der Waals surface area contributed by atoms with Gasteiger partial charge in [-0.2, -0.15) is 4.98 Å². The summed E-state index contributed by atoms with van der Waals surface area (Å²) in [6.45, 7) is 6.10. The Morgan fingerprint density at radius 3 is 2.73 bits per heavy atom. The molecule has 1 fully saturated rings. The molecule has 1 saturated heterocycles. The van der Waals surface area contributed by atoms with Crippen molar-refractivity contribution in [1.82, 2.24) is 4.98 Å². The topological polar surface area (TPSA) is 55.3 Å². The van der Waals surface area contributed by atoms with E-state index in [9.17, 15) is 0 Å². The van der Waals surface area contributed by atoms with E-state index in [1.807, 2.05) is 13.8 Å². The summed E-state index contributed by atoms with van der Waals surface area (Å²) in [5.41, 5.74) is 6.74. The molecule has 1 atom stereocenters. The zero-order chi connectivity index (χ0) is 10.8. The first-order valence-corrected chi connectivity index (χ1v) is 5.63. The van der Waals surface area contributed by atoms with Gasteiger partial charge in [0, 0.05) is 25.6 Å². The summed E-state index contributed by atoms with van der Waals surface area (Å²) in [4.78, 5) is 6.66. The number of anilines is 1. The summed E-state index contributed by atoms with van der Waals surface area (Å²) in [7, 11) is 0. The quantitative estimate of drug-likeness (QED) is 0.819. The molecule has 0 saturated carbocycles. The highest BCUT2D eigenvalue weighted by atomic mass is 16.4. The molecule has 0 amide bonds. The Balaban J connectivity index is 2.12. The highest BCUT2D eigenvalue weighted by Gasteiger charge is 2.19. The Bertz CT molecular complexity index is 327. The maximum absolute atomic E-state index is 5.75. The summed E-state index contributed by atoms with van der Waals surface area (Å²) >= 11 is 0. The zero-order valence-corrected chi connectivity index (χ0v) is 9.49. The van der Waals surface area contributed by atoms with Crippen molar-refractivity contribution in [2.75, 3.05) is 18.0 Å². The van der Waals surface area contributed by atoms with Crippen molar-refractivity contribution in [3.8, 4) is 0 Å². The molecule has 1 aromatic rings. The average molecular weight is 209 g/mol. The third-order valence-corrected chi connectivity index (χ3v) is 2.77. The molecule has 0 spiro atoms. The lowest BCUT2D eigenvalue weighted by Crippen LogP contribution is -2.18. The molecular weight excluding hydrogens is 190 g/mol. The van der Waals surface area contributed by atoms with Gasteiger partial charge in [-0.3, -0.25) is 0 Å². The number of oxazole rings is 1. The van der Waals surface area contributed by atoms with Crippen molar-refractivity contribution in [2.45, 2.75) is 39.2 Å². The number of hydrogen-bond donors (Lipinski definition) is 1. The van der Waals surface area contributed by atoms with Crippen LogP contribution in [0.4, 0.5) is 6.01 Å². The van der Waals surface area contributed by atoms with Crippen molar-refractivity contribution >= 4 is 6.01 Å². The molecule has 1 aliphatic heterocycles. The Labute approximate surface area is 90.5 Å². The Hall–Kier alpha value is -1.03. The SMILES string of the molecule is Cc1nc(N2CCCC2)oc1CC(C)N. The van der Waals surface area contributed by atoms with Crippen LogP contribution in [0.2, 0.25) is 0 Å². The minimum atomic E-state index is 0.128. The predicted molar refractivity (Wildman–Crippen MR) is 60.0 cm³/mol. The van der Waals surface area contributed by atoms with Gasteiger partial charge < -0.3 is 15.1 Å². The molecule has 2 heterocycles. The van der Waals surface area contributed by atoms with Crippen LogP contribution in [0.1, 0.15) is 31.2 Å². The van der Waals surface area contributed by atoms with Crippen LogP contribution < -0.4 is 10.6 Å². The van der Waals surface area contributed by atoms with E-state index in [0.717, 1.165) is 37.0 Å². The van der Waals surface area contributed by atoms with Crippen molar-refractivity contribution in [1.29, 1.82) is 0 Å². The fourth-order valence-electron chi connectivity index (χ4n) is 1.94. The van der Waals surface area contributed by atoms with Gasteiger partial charge in [-0.25, -0.2) is 0 Å². The standard InChI is InChI=1S/C11H19N3O/c1-8(12)7-10-9(2)13-11(15-10)14-5-3-4-6-14/h8H,3-7,12H2,1-2H3. The second kappa shape index (κ2) is 4.23. The predicted octanol–water partition coefficient (Wildman–Crippen LogP) is 1.47. The van der Waals surface area contributed by atoms with E-state index >= 15 is 0 Å². The Morgan fingerprint density at radius 2 is 2.13 bits per heavy atom. The van der Waals surface area contributed by atoms with Crippen LogP contribution >= 0.6 is 0 Å². The van der Waals surface area contributed by atoms with Crippen LogP contribution in [0.25, 0.3) is 0 Å². The molecule has 2 N–H and O–H groups in total. The van der Waals surface area contributed by atoms with Crippen molar-refractivity contribution < 1.29 is 4.42 Å². The minimum Gasteiger partial charge on any atom is -0.428 e. The zero-order valence-electron chi connectivity index (χ0n) is 9.49. The molecule has 4 heteroatoms. The van der Waals surface area contributed by atoms with Gasteiger partial charge >= 0.3 is 0 Å². The maximum atomic E-state index is 5.75. The van der Waals surface area contributed by atoms with E-state index in [0.29, 0.717) is 0 Å². The highest BCUT2D eigenvalue weighted by molar-refractivity contribution is 5.30. The first-order chi connectivity index (χ1) is 7.16. The average Bonchev–Trinajstić information content (AvgIpc) is 2.75. The molecule has 1 aromatic heterocycles. The number of nitrogens with zero attached hydrogens (tertiary/aromatic N) is 2. The summed E-state index contributed by atoms with van der Waals surface area (Å²) in [5, 5.41) is 0. The van der Waals surface area contributed by atoms with Gasteiger partial charge in [0.1, 0.15) is 5.76 Å². The van der Waals surface area contributed by atoms with Crippen molar-refractivity contribution in [3.63, 3.8) is 0 Å². The number of hydrogen-bond acceptors (Lipinski definition) is 4. The maximum Gasteiger partial charge on any atom is 0.297 e. The van der Waals surface area contributed by atoms with E-state index in [2.05, 4.69) is 9.88 Å². The lowest BCUT2D eigenvalue weighted by Gasteiger charge is -2.10. The number of aromatic nitrogens is 1. The van der Waals surface area contributed by atoms with Gasteiger partial charge in [0.05, 0.1) is 5.69 Å². The second-order valence-electron chi connectivity index (χ2n) is 4.38. The third kappa shape index (κ3) is 2.31. The minimum absolute atomic E-state index is 0.128. The number of aryl methyl sites for hydroxylation is 1. The van der Waals surface area contributed by atoms with Gasteiger partial charge in [-0.1, -0.05) is 0 Å². The lowest BCUT2D eigenvalue weighted by atomic mass is 10.2. The molecule has 0 bridgehead atoms. The molecule has 0 aliphatic carbocycles. The first kappa shape index (κ1) is 10.5. The van der Waals surface area contributed by atoms with E-state index in [4.69, 9.17) is 10.2 Å². The molecule has 84 valence electrons. The van der Waals surface area contributed by atoms with Gasteiger partial charge in [-0.15, -0.1) is 0 Å². The highest BCUT2D eigenvalue weighted by Crippen LogP contribution is 2.22. The monoisotopic (exact) mass is 209 g/mol. The summed E-state index contributed by atoms with van der Waals surface area (Å²) < 4.78 is 5.74. The van der Waals surface area contributed by atoms with Crippen LogP contribution in [-0.4, -0.2) is 24.1 Å². The number of nitrogens with two attached hydrogens (primary N) is 1. The molecule has 1 aliphatic rings. The Kier molecular flexibility index (Phi) is 2.95. The van der Waals surface area contributed by atoms with Gasteiger partial charge in [0.2, 0.25) is 0 Å². The van der Waals surface area contributed by atoms with E-state index < -0.39 is 0 Å². The summed E-state index contributed by atoms with van der Waals surface area (Å²) in [6.07, 6.45) is 3.25. The Morgan fingerprint density at radius 1 is 1.47 bits per heavy atom. The van der Waals surface area contributed by atoms with E-state index in [-0.39, 0.29) is 6.04 Å². The largest absolute Gasteiger partial charge is 0.428 e. The summed E-state index contributed by atoms with van der Waals surface area (Å²) in [6, 6.07) is 0.906. The number of rotatable bonds is 3. The fraction of sp³-hybridized carbons (Fsp3) is 0.727. The third-order valence-electron chi connectivity index (χ3n) is 2.77. The summed E-state index contributed by atoms with van der Waals surface area (Å²) in [5.74, 6) is 0.937. The van der Waals surface area contributed by atoms with E-state index in [1.165, 1.54) is 12.8 Å². The van der Waals surface area contributed by atoms with Crippen molar-refractivity contribution in [2.24, 2.45) is 5.73 Å². The van der Waals surface area contributed by atoms with Crippen LogP contribution in [-0.2, 0) is 6.42 Å². The van der Waals surface area contributed by atoms with Crippen LogP contribution in [0.5, 0.6) is 0 Å². The van der Waals surface area contributed by atoms with Gasteiger partial charge in [0.25, 0.3) is 6.01 Å². The van der Waals surface area contributed by atoms with Gasteiger partial charge in [0.15, 0.2) is 0 Å². The lowest BCUT2D eigenvalue weighted by molar-refractivity contribution is 0.482. The first-order valence-electron chi connectivity index (χ1n) is 5.63. The molecule has 2 rings (SSSR count). The molecular formula is C11H19N3O. The van der Waals surface area contributed by atoms with Crippen LogP contribution in [0, 0.1) is 6.92 Å². The van der Waals surface area contributed by atoms with Crippen molar-refractivity contribution in [3.05, 3.63) is 11.5 Å². The molecule has 4 nitrogen and oxygen atoms in total. The molecule has 0 radical (unpaired) electrons.